The molecule has 24 heavy (non-hydrogen) atoms. The van der Waals surface area contributed by atoms with Crippen LogP contribution >= 0.6 is 0 Å². The molecule has 0 radical (unpaired) electrons. The van der Waals surface area contributed by atoms with Gasteiger partial charge in [-0.25, -0.2) is 0 Å². The van der Waals surface area contributed by atoms with Crippen molar-refractivity contribution in [2.24, 2.45) is 40.9 Å². The minimum absolute atomic E-state index is 0.657. The molecule has 0 aromatic carbocycles. The van der Waals surface area contributed by atoms with Crippen molar-refractivity contribution in [3.8, 4) is 0 Å². The SMILES string of the molecule is CCCC1C(CC)CCC2C1CCC1(C)C(CCCOC)CCC21. The lowest BCUT2D eigenvalue weighted by atomic mass is 9.50. The van der Waals surface area contributed by atoms with Gasteiger partial charge in [0.25, 0.3) is 0 Å². The van der Waals surface area contributed by atoms with E-state index in [2.05, 4.69) is 20.8 Å². The highest BCUT2D eigenvalue weighted by molar-refractivity contribution is 5.05. The monoisotopic (exact) mass is 334 g/mol. The molecular formula is C23H42O. The lowest BCUT2D eigenvalue weighted by molar-refractivity contribution is -0.0562. The summed E-state index contributed by atoms with van der Waals surface area (Å²) in [6.45, 7) is 8.49. The summed E-state index contributed by atoms with van der Waals surface area (Å²) in [5.41, 5.74) is 0.657. The second kappa shape index (κ2) is 8.11. The van der Waals surface area contributed by atoms with Gasteiger partial charge in [-0.1, -0.05) is 40.0 Å². The van der Waals surface area contributed by atoms with Crippen LogP contribution in [0.25, 0.3) is 0 Å². The highest BCUT2D eigenvalue weighted by Gasteiger charge is 2.55. The number of hydrogen-bond donors (Lipinski definition) is 0. The Morgan fingerprint density at radius 1 is 0.958 bits per heavy atom. The predicted molar refractivity (Wildman–Crippen MR) is 103 cm³/mol. The van der Waals surface area contributed by atoms with E-state index >= 15 is 0 Å². The maximum Gasteiger partial charge on any atom is 0.0462 e. The van der Waals surface area contributed by atoms with Crippen molar-refractivity contribution in [1.82, 2.24) is 0 Å². The summed E-state index contributed by atoms with van der Waals surface area (Å²) in [5, 5.41) is 0. The molecule has 0 bridgehead atoms. The Kier molecular flexibility index (Phi) is 6.33. The van der Waals surface area contributed by atoms with E-state index in [4.69, 9.17) is 4.74 Å². The summed E-state index contributed by atoms with van der Waals surface area (Å²) in [5.74, 6) is 6.24. The molecule has 0 heterocycles. The lowest BCUT2D eigenvalue weighted by Crippen LogP contribution is -2.47. The normalized spacial score (nSPS) is 45.0. The van der Waals surface area contributed by atoms with Gasteiger partial charge in [-0.3, -0.25) is 0 Å². The summed E-state index contributed by atoms with van der Waals surface area (Å²) in [6.07, 6.45) is 16.2. The van der Waals surface area contributed by atoms with Gasteiger partial charge in [-0.15, -0.1) is 0 Å². The molecule has 0 amide bonds. The highest BCUT2D eigenvalue weighted by Crippen LogP contribution is 2.64. The van der Waals surface area contributed by atoms with E-state index in [1.807, 2.05) is 7.11 Å². The van der Waals surface area contributed by atoms with Crippen LogP contribution in [-0.4, -0.2) is 13.7 Å². The fourth-order valence-electron chi connectivity index (χ4n) is 7.58. The van der Waals surface area contributed by atoms with E-state index < -0.39 is 0 Å². The van der Waals surface area contributed by atoms with Crippen molar-refractivity contribution in [1.29, 1.82) is 0 Å². The number of methoxy groups -OCH3 is 1. The molecule has 0 aromatic heterocycles. The van der Waals surface area contributed by atoms with E-state index in [9.17, 15) is 0 Å². The van der Waals surface area contributed by atoms with E-state index in [0.717, 1.165) is 42.1 Å². The Hall–Kier alpha value is -0.0400. The van der Waals surface area contributed by atoms with Crippen LogP contribution in [0.3, 0.4) is 0 Å². The van der Waals surface area contributed by atoms with Gasteiger partial charge in [0.1, 0.15) is 0 Å². The van der Waals surface area contributed by atoms with Crippen LogP contribution in [0.15, 0.2) is 0 Å². The first-order valence-electron chi connectivity index (χ1n) is 11.1. The molecule has 3 saturated carbocycles. The molecule has 0 spiro atoms. The zero-order valence-corrected chi connectivity index (χ0v) is 16.9. The number of rotatable bonds is 7. The first-order chi connectivity index (χ1) is 11.7. The quantitative estimate of drug-likeness (QED) is 0.470. The molecule has 7 atom stereocenters. The molecule has 3 fully saturated rings. The van der Waals surface area contributed by atoms with Crippen molar-refractivity contribution in [2.75, 3.05) is 13.7 Å². The van der Waals surface area contributed by atoms with Gasteiger partial charge >= 0.3 is 0 Å². The van der Waals surface area contributed by atoms with Gasteiger partial charge in [0, 0.05) is 13.7 Å². The van der Waals surface area contributed by atoms with E-state index in [0.29, 0.717) is 5.41 Å². The minimum Gasteiger partial charge on any atom is -0.385 e. The van der Waals surface area contributed by atoms with Crippen LogP contribution in [0, 0.1) is 40.9 Å². The van der Waals surface area contributed by atoms with E-state index in [-0.39, 0.29) is 0 Å². The maximum absolute atomic E-state index is 5.32. The average Bonchev–Trinajstić information content (AvgIpc) is 2.92. The Bertz CT molecular complexity index is 391. The summed E-state index contributed by atoms with van der Waals surface area (Å²) < 4.78 is 5.32. The third-order valence-electron chi connectivity index (χ3n) is 8.76. The Labute approximate surface area is 151 Å². The highest BCUT2D eigenvalue weighted by atomic mass is 16.5. The summed E-state index contributed by atoms with van der Waals surface area (Å²) in [4.78, 5) is 0. The molecule has 0 N–H and O–H groups in total. The Morgan fingerprint density at radius 2 is 1.79 bits per heavy atom. The smallest absolute Gasteiger partial charge is 0.0462 e. The van der Waals surface area contributed by atoms with Gasteiger partial charge in [0.2, 0.25) is 0 Å². The minimum atomic E-state index is 0.657. The summed E-state index contributed by atoms with van der Waals surface area (Å²) in [6, 6.07) is 0. The standard InChI is InChI=1S/C23H42O/c1-5-8-19-17(6-2)10-12-21-20(19)14-15-23(3)18(9-7-16-24-4)11-13-22(21)23/h17-22H,5-16H2,1-4H3. The van der Waals surface area contributed by atoms with Crippen LogP contribution in [-0.2, 0) is 4.74 Å². The zero-order valence-electron chi connectivity index (χ0n) is 16.9. The maximum atomic E-state index is 5.32. The van der Waals surface area contributed by atoms with Crippen LogP contribution in [0.4, 0.5) is 0 Å². The number of ether oxygens (including phenoxy) is 1. The van der Waals surface area contributed by atoms with Gasteiger partial charge < -0.3 is 4.74 Å². The molecule has 0 saturated heterocycles. The topological polar surface area (TPSA) is 9.23 Å². The van der Waals surface area contributed by atoms with Gasteiger partial charge in [0.15, 0.2) is 0 Å². The lowest BCUT2D eigenvalue weighted by Gasteiger charge is -2.55. The molecule has 3 aliphatic carbocycles. The summed E-state index contributed by atoms with van der Waals surface area (Å²) in [7, 11) is 1.85. The molecular weight excluding hydrogens is 292 g/mol. The fraction of sp³-hybridized carbons (Fsp3) is 1.00. The van der Waals surface area contributed by atoms with Crippen molar-refractivity contribution >= 4 is 0 Å². The van der Waals surface area contributed by atoms with Crippen molar-refractivity contribution in [2.45, 2.75) is 91.4 Å². The van der Waals surface area contributed by atoms with Crippen LogP contribution in [0.5, 0.6) is 0 Å². The molecule has 1 heteroatoms. The van der Waals surface area contributed by atoms with Crippen molar-refractivity contribution in [3.63, 3.8) is 0 Å². The van der Waals surface area contributed by atoms with Crippen LogP contribution < -0.4 is 0 Å². The van der Waals surface area contributed by atoms with Gasteiger partial charge in [0.05, 0.1) is 0 Å². The molecule has 0 aliphatic heterocycles. The molecule has 3 rings (SSSR count). The second-order valence-electron chi connectivity index (χ2n) is 9.59. The van der Waals surface area contributed by atoms with Gasteiger partial charge in [-0.2, -0.15) is 0 Å². The molecule has 7 unspecified atom stereocenters. The van der Waals surface area contributed by atoms with Gasteiger partial charge in [-0.05, 0) is 92.3 Å². The Balaban J connectivity index is 1.71. The number of fused-ring (bicyclic) bond motifs is 3. The Morgan fingerprint density at radius 3 is 2.50 bits per heavy atom. The third kappa shape index (κ3) is 3.31. The predicted octanol–water partition coefficient (Wildman–Crippen LogP) is 6.71. The largest absolute Gasteiger partial charge is 0.385 e. The molecule has 3 aliphatic rings. The number of hydrogen-bond acceptors (Lipinski definition) is 1. The summed E-state index contributed by atoms with van der Waals surface area (Å²) >= 11 is 0. The molecule has 0 aromatic rings. The fourth-order valence-corrected chi connectivity index (χ4v) is 7.58. The average molecular weight is 335 g/mol. The second-order valence-corrected chi connectivity index (χ2v) is 9.59. The van der Waals surface area contributed by atoms with Crippen LogP contribution in [0.1, 0.15) is 91.4 Å². The third-order valence-corrected chi connectivity index (χ3v) is 8.76. The zero-order chi connectivity index (χ0) is 17.2. The van der Waals surface area contributed by atoms with E-state index in [1.165, 1.54) is 57.8 Å². The first kappa shape index (κ1) is 18.7. The van der Waals surface area contributed by atoms with Crippen molar-refractivity contribution in [3.05, 3.63) is 0 Å². The van der Waals surface area contributed by atoms with E-state index in [1.54, 1.807) is 12.8 Å². The molecule has 1 nitrogen and oxygen atoms in total. The van der Waals surface area contributed by atoms with Crippen molar-refractivity contribution < 1.29 is 4.74 Å². The molecule has 140 valence electrons. The van der Waals surface area contributed by atoms with Crippen LogP contribution in [0.2, 0.25) is 0 Å². The first-order valence-corrected chi connectivity index (χ1v) is 11.1.